The van der Waals surface area contributed by atoms with Gasteiger partial charge in [-0.15, -0.1) is 0 Å². The number of alkyl halides is 2. The normalized spacial score (nSPS) is 21.5. The smallest absolute Gasteiger partial charge is 0.387 e. The Kier molecular flexibility index (Phi) is 5.94. The molecule has 0 saturated heterocycles. The van der Waals surface area contributed by atoms with Gasteiger partial charge in [0.1, 0.15) is 5.75 Å². The summed E-state index contributed by atoms with van der Waals surface area (Å²) in [6.45, 7) is -2.66. The molecule has 122 valence electrons. The highest BCUT2D eigenvalue weighted by Crippen LogP contribution is 2.24. The van der Waals surface area contributed by atoms with Crippen molar-refractivity contribution in [3.05, 3.63) is 24.3 Å². The van der Waals surface area contributed by atoms with Gasteiger partial charge in [0.15, 0.2) is 0 Å². The molecule has 3 N–H and O–H groups in total. The topological polar surface area (TPSA) is 70.6 Å². The Morgan fingerprint density at radius 1 is 1.23 bits per heavy atom. The van der Waals surface area contributed by atoms with Gasteiger partial charge in [-0.3, -0.25) is 0 Å². The van der Waals surface area contributed by atoms with Crippen LogP contribution in [0.1, 0.15) is 25.7 Å². The number of amides is 2. The van der Waals surface area contributed by atoms with Crippen LogP contribution in [-0.4, -0.2) is 30.4 Å². The van der Waals surface area contributed by atoms with Gasteiger partial charge >= 0.3 is 12.6 Å². The third kappa shape index (κ3) is 5.14. The summed E-state index contributed by atoms with van der Waals surface area (Å²) in [5.41, 5.74) is 0.503. The first-order valence-electron chi connectivity index (χ1n) is 7.30. The van der Waals surface area contributed by atoms with Gasteiger partial charge in [-0.2, -0.15) is 8.78 Å². The van der Waals surface area contributed by atoms with E-state index in [4.69, 9.17) is 5.11 Å². The zero-order chi connectivity index (χ0) is 15.9. The largest absolute Gasteiger partial charge is 0.435 e. The molecular formula is C15H20F2N2O3. The fraction of sp³-hybridized carbons (Fsp3) is 0.533. The average molecular weight is 314 g/mol. The Morgan fingerprint density at radius 3 is 2.41 bits per heavy atom. The number of urea groups is 1. The fourth-order valence-electron chi connectivity index (χ4n) is 2.56. The molecule has 1 fully saturated rings. The van der Waals surface area contributed by atoms with Crippen LogP contribution < -0.4 is 15.4 Å². The maximum atomic E-state index is 12.0. The molecule has 0 spiro atoms. The molecule has 0 bridgehead atoms. The standard InChI is InChI=1S/C15H20F2N2O3/c16-14(17)22-13-7-5-12(6-8-13)19-15(21)18-11-3-1-10(9-20)2-4-11/h5-8,10-11,14,20H,1-4,9H2,(H2,18,19,21). The summed E-state index contributed by atoms with van der Waals surface area (Å²) < 4.78 is 28.3. The average Bonchev–Trinajstić information content (AvgIpc) is 2.49. The number of ether oxygens (including phenoxy) is 1. The van der Waals surface area contributed by atoms with Crippen LogP contribution in [0.15, 0.2) is 24.3 Å². The summed E-state index contributed by atoms with van der Waals surface area (Å²) in [6, 6.07) is 5.52. The van der Waals surface area contributed by atoms with Crippen LogP contribution in [0.4, 0.5) is 19.3 Å². The predicted octanol–water partition coefficient (Wildman–Crippen LogP) is 2.96. The summed E-state index contributed by atoms with van der Waals surface area (Å²) in [7, 11) is 0. The predicted molar refractivity (Wildman–Crippen MR) is 78.1 cm³/mol. The number of hydrogen-bond acceptors (Lipinski definition) is 3. The molecular weight excluding hydrogens is 294 g/mol. The minimum absolute atomic E-state index is 0.0447. The first-order valence-corrected chi connectivity index (χ1v) is 7.30. The van der Waals surface area contributed by atoms with Crippen molar-refractivity contribution in [3.8, 4) is 5.75 Å². The second-order valence-electron chi connectivity index (χ2n) is 5.40. The van der Waals surface area contributed by atoms with Gasteiger partial charge in [-0.05, 0) is 55.9 Å². The lowest BCUT2D eigenvalue weighted by molar-refractivity contribution is -0.0498. The van der Waals surface area contributed by atoms with Crippen LogP contribution in [0.5, 0.6) is 5.75 Å². The van der Waals surface area contributed by atoms with E-state index < -0.39 is 6.61 Å². The molecule has 0 aliphatic heterocycles. The summed E-state index contributed by atoms with van der Waals surface area (Å²) in [6.07, 6.45) is 3.50. The van der Waals surface area contributed by atoms with Crippen molar-refractivity contribution in [2.75, 3.05) is 11.9 Å². The molecule has 2 rings (SSSR count). The summed E-state index contributed by atoms with van der Waals surface area (Å²) >= 11 is 0. The second kappa shape index (κ2) is 7.93. The molecule has 22 heavy (non-hydrogen) atoms. The van der Waals surface area contributed by atoms with Crippen molar-refractivity contribution in [2.24, 2.45) is 5.92 Å². The number of aliphatic hydroxyl groups is 1. The molecule has 2 amide bonds. The summed E-state index contributed by atoms with van der Waals surface area (Å²) in [5.74, 6) is 0.381. The quantitative estimate of drug-likeness (QED) is 0.782. The highest BCUT2D eigenvalue weighted by molar-refractivity contribution is 5.89. The number of rotatable bonds is 5. The van der Waals surface area contributed by atoms with Crippen molar-refractivity contribution < 1.29 is 23.4 Å². The number of carbonyl (C=O) groups excluding carboxylic acids is 1. The minimum Gasteiger partial charge on any atom is -0.435 e. The number of nitrogens with one attached hydrogen (secondary N) is 2. The zero-order valence-corrected chi connectivity index (χ0v) is 12.1. The highest BCUT2D eigenvalue weighted by Gasteiger charge is 2.21. The maximum Gasteiger partial charge on any atom is 0.387 e. The molecule has 0 unspecified atom stereocenters. The van der Waals surface area contributed by atoms with E-state index in [9.17, 15) is 13.6 Å². The van der Waals surface area contributed by atoms with Crippen molar-refractivity contribution in [2.45, 2.75) is 38.3 Å². The second-order valence-corrected chi connectivity index (χ2v) is 5.40. The Morgan fingerprint density at radius 2 is 1.86 bits per heavy atom. The molecule has 0 heterocycles. The Bertz CT molecular complexity index is 474. The molecule has 5 nitrogen and oxygen atoms in total. The molecule has 0 aromatic heterocycles. The van der Waals surface area contributed by atoms with E-state index in [2.05, 4.69) is 15.4 Å². The molecule has 0 radical (unpaired) electrons. The molecule has 1 aliphatic carbocycles. The molecule has 7 heteroatoms. The third-order valence-electron chi connectivity index (χ3n) is 3.78. The first-order chi connectivity index (χ1) is 10.6. The van der Waals surface area contributed by atoms with E-state index in [-0.39, 0.29) is 24.4 Å². The molecule has 1 saturated carbocycles. The van der Waals surface area contributed by atoms with E-state index in [0.717, 1.165) is 25.7 Å². The summed E-state index contributed by atoms with van der Waals surface area (Å²) in [4.78, 5) is 11.9. The van der Waals surface area contributed by atoms with E-state index in [1.807, 2.05) is 0 Å². The van der Waals surface area contributed by atoms with Crippen molar-refractivity contribution in [1.29, 1.82) is 0 Å². The van der Waals surface area contributed by atoms with Gasteiger partial charge in [0, 0.05) is 18.3 Å². The molecule has 1 aromatic carbocycles. The number of halogens is 2. The Hall–Kier alpha value is -1.89. The van der Waals surface area contributed by atoms with Crippen LogP contribution in [-0.2, 0) is 0 Å². The highest BCUT2D eigenvalue weighted by atomic mass is 19.3. The van der Waals surface area contributed by atoms with Gasteiger partial charge in [0.05, 0.1) is 0 Å². The van der Waals surface area contributed by atoms with Gasteiger partial charge in [-0.25, -0.2) is 4.79 Å². The molecule has 1 aromatic rings. The van der Waals surface area contributed by atoms with Crippen LogP contribution >= 0.6 is 0 Å². The van der Waals surface area contributed by atoms with E-state index >= 15 is 0 Å². The van der Waals surface area contributed by atoms with Crippen LogP contribution in [0, 0.1) is 5.92 Å². The van der Waals surface area contributed by atoms with Gasteiger partial charge in [0.25, 0.3) is 0 Å². The summed E-state index contributed by atoms with van der Waals surface area (Å²) in [5, 5.41) is 14.6. The first kappa shape index (κ1) is 16.5. The monoisotopic (exact) mass is 314 g/mol. The van der Waals surface area contributed by atoms with E-state index in [1.165, 1.54) is 24.3 Å². The lowest BCUT2D eigenvalue weighted by Crippen LogP contribution is -2.40. The van der Waals surface area contributed by atoms with Crippen molar-refractivity contribution in [1.82, 2.24) is 5.32 Å². The van der Waals surface area contributed by atoms with Crippen LogP contribution in [0.25, 0.3) is 0 Å². The van der Waals surface area contributed by atoms with Crippen molar-refractivity contribution in [3.63, 3.8) is 0 Å². The van der Waals surface area contributed by atoms with Gasteiger partial charge < -0.3 is 20.5 Å². The van der Waals surface area contributed by atoms with E-state index in [0.29, 0.717) is 11.6 Å². The minimum atomic E-state index is -2.86. The Labute approximate surface area is 127 Å². The maximum absolute atomic E-state index is 12.0. The SMILES string of the molecule is O=C(Nc1ccc(OC(F)F)cc1)NC1CCC(CO)CC1. The van der Waals surface area contributed by atoms with Gasteiger partial charge in [-0.1, -0.05) is 0 Å². The zero-order valence-electron chi connectivity index (χ0n) is 12.1. The Balaban J connectivity index is 1.77. The van der Waals surface area contributed by atoms with Crippen LogP contribution in [0.2, 0.25) is 0 Å². The number of hydrogen-bond donors (Lipinski definition) is 3. The number of carbonyl (C=O) groups is 1. The number of anilines is 1. The fourth-order valence-corrected chi connectivity index (χ4v) is 2.56. The van der Waals surface area contributed by atoms with Crippen molar-refractivity contribution >= 4 is 11.7 Å². The number of benzene rings is 1. The lowest BCUT2D eigenvalue weighted by atomic mass is 9.87. The number of aliphatic hydroxyl groups excluding tert-OH is 1. The van der Waals surface area contributed by atoms with Gasteiger partial charge in [0.2, 0.25) is 0 Å². The molecule has 1 aliphatic rings. The van der Waals surface area contributed by atoms with Crippen LogP contribution in [0.3, 0.4) is 0 Å². The van der Waals surface area contributed by atoms with E-state index in [1.54, 1.807) is 0 Å². The molecule has 0 atom stereocenters. The third-order valence-corrected chi connectivity index (χ3v) is 3.78. The lowest BCUT2D eigenvalue weighted by Gasteiger charge is -2.27.